The summed E-state index contributed by atoms with van der Waals surface area (Å²) in [4.78, 5) is 10.7. The molecule has 0 bridgehead atoms. The number of aliphatic carboxylic acids is 1. The molecule has 0 atom stereocenters. The van der Waals surface area contributed by atoms with E-state index in [1.54, 1.807) is 13.2 Å². The number of carbonyl (C=O) groups is 1. The number of carboxylic acid groups (broad SMARTS) is 1. The van der Waals surface area contributed by atoms with Crippen LogP contribution in [-0.4, -0.2) is 25.3 Å². The highest BCUT2D eigenvalue weighted by Gasteiger charge is 2.16. The van der Waals surface area contributed by atoms with Crippen LogP contribution in [-0.2, 0) is 11.2 Å². The summed E-state index contributed by atoms with van der Waals surface area (Å²) in [5, 5.41) is 8.79. The summed E-state index contributed by atoms with van der Waals surface area (Å²) >= 11 is 3.34. The second kappa shape index (κ2) is 5.21. The van der Waals surface area contributed by atoms with Crippen LogP contribution < -0.4 is 9.47 Å². The SMILES string of the molecule is COc1c(Br)cc(CC(=O)O)c(OC)c1C. The number of ether oxygens (including phenoxy) is 2. The van der Waals surface area contributed by atoms with E-state index in [0.29, 0.717) is 17.1 Å². The molecular formula is C11H13BrO4. The zero-order valence-electron chi connectivity index (χ0n) is 9.33. The zero-order valence-corrected chi connectivity index (χ0v) is 10.9. The van der Waals surface area contributed by atoms with Gasteiger partial charge in [-0.2, -0.15) is 0 Å². The Kier molecular flexibility index (Phi) is 4.18. The fraction of sp³-hybridized carbons (Fsp3) is 0.364. The third-order valence-corrected chi connectivity index (χ3v) is 2.83. The molecule has 0 heterocycles. The normalized spacial score (nSPS) is 10.0. The van der Waals surface area contributed by atoms with E-state index < -0.39 is 5.97 Å². The summed E-state index contributed by atoms with van der Waals surface area (Å²) in [6.07, 6.45) is -0.0768. The molecule has 0 fully saturated rings. The Hall–Kier alpha value is -1.23. The number of halogens is 1. The maximum Gasteiger partial charge on any atom is 0.307 e. The van der Waals surface area contributed by atoms with Crippen LogP contribution in [0.4, 0.5) is 0 Å². The first kappa shape index (κ1) is 12.8. The lowest BCUT2D eigenvalue weighted by Gasteiger charge is -2.15. The molecular weight excluding hydrogens is 276 g/mol. The molecule has 16 heavy (non-hydrogen) atoms. The van der Waals surface area contributed by atoms with Crippen molar-refractivity contribution in [3.8, 4) is 11.5 Å². The van der Waals surface area contributed by atoms with Gasteiger partial charge in [-0.1, -0.05) is 0 Å². The topological polar surface area (TPSA) is 55.8 Å². The van der Waals surface area contributed by atoms with Crippen molar-refractivity contribution in [2.45, 2.75) is 13.3 Å². The molecule has 0 aliphatic carbocycles. The Bertz CT molecular complexity index is 415. The molecule has 4 nitrogen and oxygen atoms in total. The number of methoxy groups -OCH3 is 2. The molecule has 0 aromatic heterocycles. The van der Waals surface area contributed by atoms with Gasteiger partial charge in [-0.05, 0) is 28.9 Å². The maximum absolute atomic E-state index is 10.7. The van der Waals surface area contributed by atoms with Gasteiger partial charge in [-0.15, -0.1) is 0 Å². The number of benzene rings is 1. The summed E-state index contributed by atoms with van der Waals surface area (Å²) in [7, 11) is 3.07. The van der Waals surface area contributed by atoms with Crippen LogP contribution in [0, 0.1) is 6.92 Å². The molecule has 0 saturated heterocycles. The summed E-state index contributed by atoms with van der Waals surface area (Å²) < 4.78 is 11.1. The fourth-order valence-corrected chi connectivity index (χ4v) is 2.37. The molecule has 1 N–H and O–H groups in total. The fourth-order valence-electron chi connectivity index (χ4n) is 1.64. The average Bonchev–Trinajstić information content (AvgIpc) is 2.17. The lowest BCUT2D eigenvalue weighted by Crippen LogP contribution is -2.04. The predicted octanol–water partition coefficient (Wildman–Crippen LogP) is 2.40. The molecule has 1 aromatic carbocycles. The van der Waals surface area contributed by atoms with E-state index in [9.17, 15) is 4.79 Å². The van der Waals surface area contributed by atoms with Crippen LogP contribution >= 0.6 is 15.9 Å². The van der Waals surface area contributed by atoms with Gasteiger partial charge in [-0.3, -0.25) is 4.79 Å². The first-order valence-electron chi connectivity index (χ1n) is 4.63. The van der Waals surface area contributed by atoms with Gasteiger partial charge in [0.1, 0.15) is 11.5 Å². The molecule has 88 valence electrons. The quantitative estimate of drug-likeness (QED) is 0.924. The minimum atomic E-state index is -0.894. The largest absolute Gasteiger partial charge is 0.496 e. The second-order valence-electron chi connectivity index (χ2n) is 3.28. The highest BCUT2D eigenvalue weighted by Crippen LogP contribution is 2.38. The van der Waals surface area contributed by atoms with E-state index in [2.05, 4.69) is 15.9 Å². The van der Waals surface area contributed by atoms with Crippen molar-refractivity contribution in [2.24, 2.45) is 0 Å². The highest BCUT2D eigenvalue weighted by atomic mass is 79.9. The summed E-state index contributed by atoms with van der Waals surface area (Å²) in [5.41, 5.74) is 1.41. The van der Waals surface area contributed by atoms with E-state index in [-0.39, 0.29) is 6.42 Å². The van der Waals surface area contributed by atoms with Gasteiger partial charge in [0.25, 0.3) is 0 Å². The summed E-state index contributed by atoms with van der Waals surface area (Å²) in [6, 6.07) is 1.71. The van der Waals surface area contributed by atoms with Crippen LogP contribution in [0.2, 0.25) is 0 Å². The highest BCUT2D eigenvalue weighted by molar-refractivity contribution is 9.10. The van der Waals surface area contributed by atoms with Crippen LogP contribution in [0.25, 0.3) is 0 Å². The second-order valence-corrected chi connectivity index (χ2v) is 4.13. The van der Waals surface area contributed by atoms with Gasteiger partial charge in [0, 0.05) is 11.1 Å². The molecule has 0 aliphatic heterocycles. The van der Waals surface area contributed by atoms with E-state index in [1.807, 2.05) is 6.92 Å². The first-order valence-corrected chi connectivity index (χ1v) is 5.42. The van der Waals surface area contributed by atoms with Crippen molar-refractivity contribution in [2.75, 3.05) is 14.2 Å². The molecule has 0 unspecified atom stereocenters. The lowest BCUT2D eigenvalue weighted by molar-refractivity contribution is -0.136. The van der Waals surface area contributed by atoms with Crippen molar-refractivity contribution in [3.05, 3.63) is 21.7 Å². The first-order chi connectivity index (χ1) is 7.51. The van der Waals surface area contributed by atoms with E-state index in [4.69, 9.17) is 14.6 Å². The van der Waals surface area contributed by atoms with Gasteiger partial charge < -0.3 is 14.6 Å². The Morgan fingerprint density at radius 1 is 1.38 bits per heavy atom. The molecule has 0 saturated carbocycles. The van der Waals surface area contributed by atoms with Crippen molar-refractivity contribution >= 4 is 21.9 Å². The summed E-state index contributed by atoms with van der Waals surface area (Å²) in [6.45, 7) is 1.83. The van der Waals surface area contributed by atoms with Crippen LogP contribution in [0.3, 0.4) is 0 Å². The molecule has 1 aromatic rings. The molecule has 5 heteroatoms. The Morgan fingerprint density at radius 2 is 1.94 bits per heavy atom. The smallest absolute Gasteiger partial charge is 0.307 e. The minimum absolute atomic E-state index is 0.0768. The Morgan fingerprint density at radius 3 is 2.38 bits per heavy atom. The van der Waals surface area contributed by atoms with Crippen molar-refractivity contribution in [3.63, 3.8) is 0 Å². The van der Waals surface area contributed by atoms with Crippen molar-refractivity contribution in [1.29, 1.82) is 0 Å². The van der Waals surface area contributed by atoms with Crippen LogP contribution in [0.15, 0.2) is 10.5 Å². The third kappa shape index (κ3) is 2.47. The Balaban J connectivity index is 3.34. The van der Waals surface area contributed by atoms with E-state index in [1.165, 1.54) is 7.11 Å². The molecule has 1 rings (SSSR count). The van der Waals surface area contributed by atoms with Gasteiger partial charge in [0.2, 0.25) is 0 Å². The van der Waals surface area contributed by atoms with Gasteiger partial charge in [0.05, 0.1) is 25.1 Å². The minimum Gasteiger partial charge on any atom is -0.496 e. The monoisotopic (exact) mass is 288 g/mol. The van der Waals surface area contributed by atoms with Crippen LogP contribution in [0.5, 0.6) is 11.5 Å². The average molecular weight is 289 g/mol. The molecule has 0 aliphatic rings. The number of hydrogen-bond acceptors (Lipinski definition) is 3. The molecule has 0 spiro atoms. The van der Waals surface area contributed by atoms with Gasteiger partial charge in [-0.25, -0.2) is 0 Å². The zero-order chi connectivity index (χ0) is 12.3. The number of carboxylic acids is 1. The van der Waals surface area contributed by atoms with Crippen molar-refractivity contribution in [1.82, 2.24) is 0 Å². The predicted molar refractivity (Wildman–Crippen MR) is 63.3 cm³/mol. The summed E-state index contributed by atoms with van der Waals surface area (Å²) in [5.74, 6) is 0.322. The lowest BCUT2D eigenvalue weighted by atomic mass is 10.1. The Labute approximate surface area is 102 Å². The third-order valence-electron chi connectivity index (χ3n) is 2.24. The maximum atomic E-state index is 10.7. The van der Waals surface area contributed by atoms with Crippen molar-refractivity contribution < 1.29 is 19.4 Å². The van der Waals surface area contributed by atoms with Gasteiger partial charge in [0.15, 0.2) is 0 Å². The molecule has 0 amide bonds. The van der Waals surface area contributed by atoms with Gasteiger partial charge >= 0.3 is 5.97 Å². The molecule has 0 radical (unpaired) electrons. The van der Waals surface area contributed by atoms with Crippen LogP contribution in [0.1, 0.15) is 11.1 Å². The van der Waals surface area contributed by atoms with E-state index >= 15 is 0 Å². The number of rotatable bonds is 4. The van der Waals surface area contributed by atoms with E-state index in [0.717, 1.165) is 10.0 Å². The number of hydrogen-bond donors (Lipinski definition) is 1. The standard InChI is InChI=1S/C11H13BrO4/c1-6-10(15-2)7(5-9(13)14)4-8(12)11(6)16-3/h4H,5H2,1-3H3,(H,13,14).